The highest BCUT2D eigenvalue weighted by Crippen LogP contribution is 2.18. The average molecular weight is 388 g/mol. The van der Waals surface area contributed by atoms with Crippen molar-refractivity contribution >= 4 is 11.8 Å². The van der Waals surface area contributed by atoms with Gasteiger partial charge in [-0.3, -0.25) is 9.59 Å². The first kappa shape index (κ1) is 21.2. The van der Waals surface area contributed by atoms with Crippen molar-refractivity contribution in [2.45, 2.75) is 25.9 Å². The van der Waals surface area contributed by atoms with Gasteiger partial charge in [0.2, 0.25) is 5.91 Å². The van der Waals surface area contributed by atoms with Crippen molar-refractivity contribution in [3.8, 4) is 11.5 Å². The van der Waals surface area contributed by atoms with E-state index in [1.165, 1.54) is 24.1 Å². The second kappa shape index (κ2) is 10.3. The van der Waals surface area contributed by atoms with Crippen LogP contribution in [-0.2, 0) is 16.1 Å². The molecule has 1 atom stereocenters. The van der Waals surface area contributed by atoms with Crippen LogP contribution in [0.2, 0.25) is 0 Å². The summed E-state index contributed by atoms with van der Waals surface area (Å²) in [5.41, 5.74) is 0.836. The molecule has 0 saturated carbocycles. The molecule has 7 heteroatoms. The number of carbonyl (C=O) groups excluding carboxylic acids is 2. The van der Waals surface area contributed by atoms with Crippen molar-refractivity contribution in [3.63, 3.8) is 0 Å². The van der Waals surface area contributed by atoms with E-state index in [9.17, 15) is 14.0 Å². The van der Waals surface area contributed by atoms with Gasteiger partial charge in [0.25, 0.3) is 5.91 Å². The summed E-state index contributed by atoms with van der Waals surface area (Å²) in [4.78, 5) is 26.6. The number of rotatable bonds is 9. The van der Waals surface area contributed by atoms with Gasteiger partial charge in [-0.2, -0.15) is 0 Å². The largest absolute Gasteiger partial charge is 0.497 e. The van der Waals surface area contributed by atoms with Crippen LogP contribution in [0.15, 0.2) is 48.5 Å². The van der Waals surface area contributed by atoms with Gasteiger partial charge in [-0.1, -0.05) is 31.2 Å². The fourth-order valence-electron chi connectivity index (χ4n) is 2.80. The molecule has 0 saturated heterocycles. The lowest BCUT2D eigenvalue weighted by Crippen LogP contribution is -2.49. The van der Waals surface area contributed by atoms with Crippen molar-refractivity contribution < 1.29 is 23.5 Å². The number of hydrogen-bond acceptors (Lipinski definition) is 4. The van der Waals surface area contributed by atoms with Crippen LogP contribution in [-0.4, -0.2) is 43.5 Å². The van der Waals surface area contributed by atoms with Crippen LogP contribution in [0, 0.1) is 5.82 Å². The van der Waals surface area contributed by atoms with Crippen molar-refractivity contribution in [1.82, 2.24) is 10.2 Å². The van der Waals surface area contributed by atoms with E-state index in [0.717, 1.165) is 5.56 Å². The Morgan fingerprint density at radius 2 is 1.82 bits per heavy atom. The van der Waals surface area contributed by atoms with Crippen molar-refractivity contribution in [1.29, 1.82) is 0 Å². The number of methoxy groups -OCH3 is 1. The van der Waals surface area contributed by atoms with Gasteiger partial charge in [-0.05, 0) is 36.2 Å². The van der Waals surface area contributed by atoms with Crippen LogP contribution < -0.4 is 14.8 Å². The van der Waals surface area contributed by atoms with Gasteiger partial charge in [0.1, 0.15) is 11.8 Å². The van der Waals surface area contributed by atoms with Crippen LogP contribution in [0.1, 0.15) is 18.9 Å². The third-order valence-electron chi connectivity index (χ3n) is 4.33. The first-order valence-electron chi connectivity index (χ1n) is 9.01. The first-order chi connectivity index (χ1) is 13.5. The molecule has 0 heterocycles. The zero-order valence-corrected chi connectivity index (χ0v) is 16.3. The fourth-order valence-corrected chi connectivity index (χ4v) is 2.80. The molecule has 0 aliphatic carbocycles. The van der Waals surface area contributed by atoms with Crippen LogP contribution in [0.4, 0.5) is 4.39 Å². The number of para-hydroxylation sites is 1. The van der Waals surface area contributed by atoms with E-state index in [0.29, 0.717) is 12.2 Å². The Labute approximate surface area is 164 Å². The third-order valence-corrected chi connectivity index (χ3v) is 4.33. The smallest absolute Gasteiger partial charge is 0.261 e. The summed E-state index contributed by atoms with van der Waals surface area (Å²) in [7, 11) is 3.10. The lowest BCUT2D eigenvalue weighted by molar-refractivity contribution is -0.142. The summed E-state index contributed by atoms with van der Waals surface area (Å²) in [5.74, 6) is -0.531. The maximum atomic E-state index is 13.7. The van der Waals surface area contributed by atoms with Crippen LogP contribution >= 0.6 is 0 Å². The average Bonchev–Trinajstić information content (AvgIpc) is 2.73. The van der Waals surface area contributed by atoms with Crippen molar-refractivity contribution in [3.05, 3.63) is 59.9 Å². The third kappa shape index (κ3) is 5.45. The number of halogens is 1. The molecule has 2 aromatic rings. The predicted octanol–water partition coefficient (Wildman–Crippen LogP) is 2.77. The molecule has 150 valence electrons. The zero-order chi connectivity index (χ0) is 20.5. The van der Waals surface area contributed by atoms with Crippen molar-refractivity contribution in [2.24, 2.45) is 0 Å². The molecule has 28 heavy (non-hydrogen) atoms. The van der Waals surface area contributed by atoms with Crippen LogP contribution in [0.25, 0.3) is 0 Å². The number of nitrogens with zero attached hydrogens (tertiary/aromatic N) is 1. The predicted molar refractivity (Wildman–Crippen MR) is 104 cm³/mol. The Kier molecular flexibility index (Phi) is 7.80. The monoisotopic (exact) mass is 388 g/mol. The highest BCUT2D eigenvalue weighted by atomic mass is 19.1. The molecule has 2 rings (SSSR count). The molecule has 1 unspecified atom stereocenters. The van der Waals surface area contributed by atoms with Gasteiger partial charge < -0.3 is 19.7 Å². The normalized spacial score (nSPS) is 11.4. The standard InChI is InChI=1S/C21H25FN2O4/c1-4-18(21(26)23-2)24(13-15-9-11-16(27-3)12-10-15)20(25)14-28-19-8-6-5-7-17(19)22/h5-12,18H,4,13-14H2,1-3H3,(H,23,26). The minimum absolute atomic E-state index is 0.00626. The maximum absolute atomic E-state index is 13.7. The number of amides is 2. The van der Waals surface area contributed by atoms with Crippen LogP contribution in [0.3, 0.4) is 0 Å². The Bertz CT molecular complexity index is 795. The van der Waals surface area contributed by atoms with E-state index in [4.69, 9.17) is 9.47 Å². The van der Waals surface area contributed by atoms with E-state index in [-0.39, 0.29) is 24.8 Å². The molecule has 0 radical (unpaired) electrons. The van der Waals surface area contributed by atoms with Gasteiger partial charge in [0.05, 0.1) is 7.11 Å². The Morgan fingerprint density at radius 1 is 1.14 bits per heavy atom. The number of ether oxygens (including phenoxy) is 2. The van der Waals surface area contributed by atoms with Gasteiger partial charge in [-0.25, -0.2) is 4.39 Å². The molecule has 0 spiro atoms. The Morgan fingerprint density at radius 3 is 2.39 bits per heavy atom. The minimum Gasteiger partial charge on any atom is -0.497 e. The summed E-state index contributed by atoms with van der Waals surface area (Å²) in [6.07, 6.45) is 0.432. The van der Waals surface area contributed by atoms with Crippen molar-refractivity contribution in [2.75, 3.05) is 20.8 Å². The molecular formula is C21H25FN2O4. The summed E-state index contributed by atoms with van der Waals surface area (Å²) in [5, 5.41) is 2.58. The second-order valence-electron chi connectivity index (χ2n) is 6.13. The van der Waals surface area contributed by atoms with E-state index in [2.05, 4.69) is 5.32 Å². The van der Waals surface area contributed by atoms with E-state index < -0.39 is 17.8 Å². The van der Waals surface area contributed by atoms with Gasteiger partial charge in [0, 0.05) is 13.6 Å². The topological polar surface area (TPSA) is 67.9 Å². The maximum Gasteiger partial charge on any atom is 0.261 e. The van der Waals surface area contributed by atoms with Gasteiger partial charge in [0.15, 0.2) is 18.2 Å². The molecule has 0 bridgehead atoms. The molecule has 0 aliphatic rings. The van der Waals surface area contributed by atoms with E-state index >= 15 is 0 Å². The SMILES string of the molecule is CCC(C(=O)NC)N(Cc1ccc(OC)cc1)C(=O)COc1ccccc1F. The molecule has 6 nitrogen and oxygen atoms in total. The summed E-state index contributed by atoms with van der Waals surface area (Å²) in [6, 6.07) is 12.4. The van der Waals surface area contributed by atoms with Gasteiger partial charge in [-0.15, -0.1) is 0 Å². The Balaban J connectivity index is 2.19. The highest BCUT2D eigenvalue weighted by molar-refractivity contribution is 5.88. The summed E-state index contributed by atoms with van der Waals surface area (Å²) >= 11 is 0. The van der Waals surface area contributed by atoms with Crippen LogP contribution in [0.5, 0.6) is 11.5 Å². The highest BCUT2D eigenvalue weighted by Gasteiger charge is 2.28. The van der Waals surface area contributed by atoms with Gasteiger partial charge >= 0.3 is 0 Å². The minimum atomic E-state index is -0.663. The molecule has 0 fully saturated rings. The molecule has 0 aromatic heterocycles. The lowest BCUT2D eigenvalue weighted by Gasteiger charge is -2.30. The lowest BCUT2D eigenvalue weighted by atomic mass is 10.1. The summed E-state index contributed by atoms with van der Waals surface area (Å²) < 4.78 is 24.2. The zero-order valence-electron chi connectivity index (χ0n) is 16.3. The second-order valence-corrected chi connectivity index (χ2v) is 6.13. The molecule has 0 aliphatic heterocycles. The number of carbonyl (C=O) groups is 2. The summed E-state index contributed by atoms with van der Waals surface area (Å²) in [6.45, 7) is 1.67. The fraction of sp³-hybridized carbons (Fsp3) is 0.333. The number of nitrogens with one attached hydrogen (secondary N) is 1. The van der Waals surface area contributed by atoms with E-state index in [1.54, 1.807) is 31.4 Å². The molecular weight excluding hydrogens is 363 g/mol. The first-order valence-corrected chi connectivity index (χ1v) is 9.01. The quantitative estimate of drug-likeness (QED) is 0.717. The molecule has 2 aromatic carbocycles. The molecule has 1 N–H and O–H groups in total. The van der Waals surface area contributed by atoms with E-state index in [1.807, 2.05) is 19.1 Å². The number of likely N-dealkylation sites (N-methyl/N-ethyl adjacent to an activating group) is 1. The number of benzene rings is 2. The Hall–Kier alpha value is -3.09. The molecule has 2 amide bonds. The number of hydrogen-bond donors (Lipinski definition) is 1.